The first-order valence-corrected chi connectivity index (χ1v) is 6.43. The minimum atomic E-state index is -10.7. The molecule has 1 aromatic heterocycles. The van der Waals surface area contributed by atoms with Crippen molar-refractivity contribution in [2.24, 2.45) is 14.1 Å². The molecule has 0 aromatic carbocycles. The molecule has 0 aliphatic heterocycles. The molecule has 0 saturated heterocycles. The summed E-state index contributed by atoms with van der Waals surface area (Å²) >= 11 is 0. The van der Waals surface area contributed by atoms with Gasteiger partial charge >= 0.3 is 33.0 Å². The summed E-state index contributed by atoms with van der Waals surface area (Å²) in [7, 11) is -6.85. The Morgan fingerprint density at radius 3 is 1.59 bits per heavy atom. The third-order valence-electron chi connectivity index (χ3n) is 1.49. The third-order valence-corrected chi connectivity index (χ3v) is 1.49. The molecule has 1 aromatic rings. The Labute approximate surface area is 93.4 Å². The normalized spacial score (nSPS) is 15.9. The number of halogens is 6. The van der Waals surface area contributed by atoms with Crippen LogP contribution in [0.1, 0.15) is 25.6 Å². The molecule has 0 radical (unpaired) electrons. The van der Waals surface area contributed by atoms with Gasteiger partial charge in [0.25, 0.3) is 5.82 Å². The Bertz CT molecular complexity index is 362. The summed E-state index contributed by atoms with van der Waals surface area (Å²) < 4.78 is 62.8. The van der Waals surface area contributed by atoms with E-state index in [-0.39, 0.29) is 0 Å². The molecule has 0 bridgehead atoms. The van der Waals surface area contributed by atoms with Crippen molar-refractivity contribution in [2.75, 3.05) is 0 Å². The number of tetrazole rings is 1. The van der Waals surface area contributed by atoms with Gasteiger partial charge in [0.15, 0.2) is 5.21 Å². The van der Waals surface area contributed by atoms with E-state index >= 15 is 0 Å². The van der Waals surface area contributed by atoms with Crippen molar-refractivity contribution in [3.63, 3.8) is 0 Å². The van der Waals surface area contributed by atoms with E-state index in [1.54, 1.807) is 9.36 Å². The first kappa shape index (κ1) is 16.1. The van der Waals surface area contributed by atoms with Crippen LogP contribution < -0.4 is 4.68 Å². The van der Waals surface area contributed by atoms with E-state index in [0.717, 1.165) is 5.82 Å². The van der Waals surface area contributed by atoms with Gasteiger partial charge in [-0.15, -0.1) is 4.68 Å². The zero-order chi connectivity index (χ0) is 14.1. The van der Waals surface area contributed by atoms with Crippen LogP contribution >= 0.6 is 7.81 Å². The van der Waals surface area contributed by atoms with Gasteiger partial charge < -0.3 is 0 Å². The first-order chi connectivity index (χ1) is 7.08. The number of hydrogen-bond acceptors (Lipinski definition) is 2. The van der Waals surface area contributed by atoms with Crippen molar-refractivity contribution >= 4 is 7.81 Å². The average Bonchev–Trinajstić information content (AvgIpc) is 2.23. The zero-order valence-corrected chi connectivity index (χ0v) is 10.5. The maximum absolute atomic E-state index is 10.7. The van der Waals surface area contributed by atoms with Gasteiger partial charge in [-0.05, 0) is 0 Å². The van der Waals surface area contributed by atoms with E-state index in [9.17, 15) is 25.2 Å². The Morgan fingerprint density at radius 2 is 1.47 bits per heavy atom. The molecule has 4 nitrogen and oxygen atoms in total. The van der Waals surface area contributed by atoms with E-state index in [0.29, 0.717) is 5.92 Å². The predicted octanol–water partition coefficient (Wildman–Crippen LogP) is 3.15. The zero-order valence-electron chi connectivity index (χ0n) is 9.58. The fraction of sp³-hybridized carbons (Fsp3) is 0.833. The average molecular weight is 286 g/mol. The van der Waals surface area contributed by atoms with Gasteiger partial charge in [-0.3, -0.25) is 0 Å². The van der Waals surface area contributed by atoms with E-state index < -0.39 is 7.81 Å². The van der Waals surface area contributed by atoms with Crippen molar-refractivity contribution in [2.45, 2.75) is 19.8 Å². The van der Waals surface area contributed by atoms with E-state index in [1.165, 1.54) is 0 Å². The summed E-state index contributed by atoms with van der Waals surface area (Å²) in [6.45, 7) is 4.25. The molecule has 11 heteroatoms. The molecule has 0 spiro atoms. The quantitative estimate of drug-likeness (QED) is 0.451. The van der Waals surface area contributed by atoms with Crippen LogP contribution in [-0.2, 0) is 14.1 Å². The molecular formula is C6H13F6N4P. The summed E-state index contributed by atoms with van der Waals surface area (Å²) in [6, 6.07) is 0. The maximum atomic E-state index is 9.87. The van der Waals surface area contributed by atoms with Gasteiger partial charge in [0, 0.05) is 5.92 Å². The number of nitrogens with zero attached hydrogens (tertiary/aromatic N) is 4. The Kier molecular flexibility index (Phi) is 3.59. The van der Waals surface area contributed by atoms with E-state index in [2.05, 4.69) is 24.3 Å². The summed E-state index contributed by atoms with van der Waals surface area (Å²) in [5.74, 6) is 1.62. The molecule has 0 aliphatic carbocycles. The molecule has 1 rings (SSSR count). The summed E-state index contributed by atoms with van der Waals surface area (Å²) in [4.78, 5) is 0. The van der Waals surface area contributed by atoms with Crippen LogP contribution in [0.2, 0.25) is 0 Å². The number of aromatic nitrogens is 4. The van der Waals surface area contributed by atoms with E-state index in [4.69, 9.17) is 0 Å². The molecule has 0 atom stereocenters. The van der Waals surface area contributed by atoms with Crippen LogP contribution in [0.3, 0.4) is 0 Å². The molecule has 0 aliphatic rings. The van der Waals surface area contributed by atoms with Gasteiger partial charge in [-0.2, -0.15) is 0 Å². The number of hydrogen-bond donors (Lipinski definition) is 0. The first-order valence-electron chi connectivity index (χ1n) is 4.40. The van der Waals surface area contributed by atoms with Crippen molar-refractivity contribution < 1.29 is 29.9 Å². The van der Waals surface area contributed by atoms with Crippen molar-refractivity contribution in [3.8, 4) is 0 Å². The Morgan fingerprint density at radius 1 is 1.12 bits per heavy atom. The predicted molar refractivity (Wildman–Crippen MR) is 49.8 cm³/mol. The van der Waals surface area contributed by atoms with Crippen LogP contribution in [-0.4, -0.2) is 15.1 Å². The summed E-state index contributed by atoms with van der Waals surface area (Å²) in [5.41, 5.74) is 0. The minimum absolute atomic E-state index is 0.477. The molecule has 17 heavy (non-hydrogen) atoms. The molecule has 0 N–H and O–H groups in total. The standard InChI is InChI=1S/C6H13N4.F6P/c1-5(2)6-9(3)7-8-10(6)4;1-7(2,3,4,5)6/h5H,1-4H3;/q+1;-1. The van der Waals surface area contributed by atoms with Crippen molar-refractivity contribution in [1.29, 1.82) is 0 Å². The van der Waals surface area contributed by atoms with Crippen LogP contribution in [0, 0.1) is 0 Å². The Hall–Kier alpha value is -0.920. The second-order valence-corrected chi connectivity index (χ2v) is 5.61. The summed E-state index contributed by atoms with van der Waals surface area (Å²) in [5, 5.41) is 7.73. The van der Waals surface area contributed by atoms with Crippen LogP contribution in [0.5, 0.6) is 0 Å². The van der Waals surface area contributed by atoms with Crippen LogP contribution in [0.15, 0.2) is 0 Å². The fourth-order valence-corrected chi connectivity index (χ4v) is 1.17. The Balaban J connectivity index is 0.000000325. The molecule has 104 valence electrons. The number of aryl methyl sites for hydroxylation is 2. The van der Waals surface area contributed by atoms with Crippen molar-refractivity contribution in [3.05, 3.63) is 5.82 Å². The summed E-state index contributed by atoms with van der Waals surface area (Å²) in [6.07, 6.45) is 0. The SMILES string of the molecule is CC(C)c1n(C)nn[n+]1C.F[P-](F)(F)(F)(F)F. The molecule has 0 unspecified atom stereocenters. The second kappa shape index (κ2) is 3.79. The van der Waals surface area contributed by atoms with Gasteiger partial charge in [0.1, 0.15) is 5.21 Å². The fourth-order valence-electron chi connectivity index (χ4n) is 1.17. The molecule has 1 heterocycles. The molecule has 0 saturated carbocycles. The number of rotatable bonds is 1. The molecular weight excluding hydrogens is 273 g/mol. The van der Waals surface area contributed by atoms with E-state index in [1.807, 2.05) is 14.1 Å². The molecule has 0 fully saturated rings. The van der Waals surface area contributed by atoms with Gasteiger partial charge in [-0.25, -0.2) is 0 Å². The third kappa shape index (κ3) is 9.98. The van der Waals surface area contributed by atoms with Gasteiger partial charge in [0.05, 0.1) is 14.1 Å². The van der Waals surface area contributed by atoms with Gasteiger partial charge in [0.2, 0.25) is 0 Å². The van der Waals surface area contributed by atoms with Gasteiger partial charge in [-0.1, -0.05) is 18.5 Å². The monoisotopic (exact) mass is 286 g/mol. The van der Waals surface area contributed by atoms with Crippen LogP contribution in [0.4, 0.5) is 25.2 Å². The molecule has 0 amide bonds. The second-order valence-electron chi connectivity index (χ2n) is 3.70. The van der Waals surface area contributed by atoms with Crippen LogP contribution in [0.25, 0.3) is 0 Å². The topological polar surface area (TPSA) is 34.6 Å². The van der Waals surface area contributed by atoms with Crippen molar-refractivity contribution in [1.82, 2.24) is 15.1 Å².